The summed E-state index contributed by atoms with van der Waals surface area (Å²) in [5.74, 6) is 0.0362. The van der Waals surface area contributed by atoms with Gasteiger partial charge in [-0.15, -0.1) is 0 Å². The number of sulfone groups is 1. The fourth-order valence-corrected chi connectivity index (χ4v) is 3.75. The molecule has 122 valence electrons. The number of rotatable bonds is 5. The van der Waals surface area contributed by atoms with Crippen molar-refractivity contribution in [2.45, 2.75) is 11.3 Å². The Morgan fingerprint density at radius 2 is 1.82 bits per heavy atom. The van der Waals surface area contributed by atoms with Gasteiger partial charge >= 0.3 is 0 Å². The largest absolute Gasteiger partial charge is 0.305 e. The maximum Gasteiger partial charge on any atom is 0.269 e. The van der Waals surface area contributed by atoms with Gasteiger partial charge < -0.3 is 9.80 Å². The van der Waals surface area contributed by atoms with Crippen molar-refractivity contribution in [1.29, 1.82) is 0 Å². The van der Waals surface area contributed by atoms with Crippen LogP contribution in [0, 0.1) is 10.1 Å². The molecule has 0 unspecified atom stereocenters. The molecule has 2 rings (SSSR count). The normalized spacial score (nSPS) is 18.0. The molecule has 7 nitrogen and oxygen atoms in total. The molecule has 0 saturated carbocycles. The number of nitrogens with zero attached hydrogens (tertiary/aromatic N) is 3. The molecule has 0 aliphatic carbocycles. The summed E-state index contributed by atoms with van der Waals surface area (Å²) in [6.07, 6.45) is 1.04. The molecule has 1 aliphatic heterocycles. The second-order valence-electron chi connectivity index (χ2n) is 5.57. The van der Waals surface area contributed by atoms with E-state index in [1.807, 2.05) is 0 Å². The highest BCUT2D eigenvalue weighted by molar-refractivity contribution is 7.91. The molecule has 0 amide bonds. The van der Waals surface area contributed by atoms with Crippen molar-refractivity contribution in [1.82, 2.24) is 9.80 Å². The van der Waals surface area contributed by atoms with E-state index in [0.29, 0.717) is 6.54 Å². The van der Waals surface area contributed by atoms with Crippen molar-refractivity contribution in [2.24, 2.45) is 0 Å². The van der Waals surface area contributed by atoms with Crippen LogP contribution in [0.3, 0.4) is 0 Å². The Kier molecular flexibility index (Phi) is 5.49. The van der Waals surface area contributed by atoms with Crippen molar-refractivity contribution in [3.8, 4) is 0 Å². The van der Waals surface area contributed by atoms with Crippen LogP contribution in [0.25, 0.3) is 0 Å². The summed E-state index contributed by atoms with van der Waals surface area (Å²) in [7, 11) is -1.34. The molecule has 1 saturated heterocycles. The predicted molar refractivity (Wildman–Crippen MR) is 83.7 cm³/mol. The number of nitro groups is 1. The third-order valence-corrected chi connectivity index (χ3v) is 5.61. The van der Waals surface area contributed by atoms with E-state index < -0.39 is 14.8 Å². The molecule has 0 spiro atoms. The fraction of sp³-hybridized carbons (Fsp3) is 0.571. The standard InChI is InChI=1S/C14H21N3O4S/c1-15-7-2-8-16(10-9-15)11-12-22(20,21)14-5-3-13(4-6-14)17(18)19/h3-6H,2,7-12H2,1H3. The van der Waals surface area contributed by atoms with Gasteiger partial charge in [-0.05, 0) is 38.7 Å². The molecule has 1 aromatic carbocycles. The lowest BCUT2D eigenvalue weighted by atomic mass is 10.3. The van der Waals surface area contributed by atoms with Crippen molar-refractivity contribution < 1.29 is 13.3 Å². The number of non-ortho nitro benzene ring substituents is 1. The number of hydrogen-bond donors (Lipinski definition) is 0. The molecule has 0 N–H and O–H groups in total. The van der Waals surface area contributed by atoms with Crippen molar-refractivity contribution in [3.63, 3.8) is 0 Å². The van der Waals surface area contributed by atoms with Crippen LogP contribution in [0.2, 0.25) is 0 Å². The molecule has 1 fully saturated rings. The van der Waals surface area contributed by atoms with Crippen molar-refractivity contribution in [3.05, 3.63) is 34.4 Å². The first-order valence-corrected chi connectivity index (χ1v) is 8.92. The summed E-state index contributed by atoms with van der Waals surface area (Å²) in [6, 6.07) is 5.08. The lowest BCUT2D eigenvalue weighted by Gasteiger charge is -2.19. The molecule has 8 heteroatoms. The molecule has 1 heterocycles. The lowest BCUT2D eigenvalue weighted by Crippen LogP contribution is -2.33. The molecule has 0 radical (unpaired) electrons. The molecular weight excluding hydrogens is 306 g/mol. The number of nitro benzene ring substituents is 1. The smallest absolute Gasteiger partial charge is 0.269 e. The molecular formula is C14H21N3O4S. The first kappa shape index (κ1) is 16.9. The number of likely N-dealkylation sites (N-methyl/N-ethyl adjacent to an activating group) is 1. The van der Waals surface area contributed by atoms with Crippen LogP contribution in [-0.4, -0.2) is 68.7 Å². The molecule has 0 bridgehead atoms. The van der Waals surface area contributed by atoms with Gasteiger partial charge in [-0.2, -0.15) is 0 Å². The van der Waals surface area contributed by atoms with Gasteiger partial charge in [-0.1, -0.05) is 0 Å². The SMILES string of the molecule is CN1CCCN(CCS(=O)(=O)c2ccc([N+](=O)[O-])cc2)CC1. The van der Waals surface area contributed by atoms with E-state index in [1.165, 1.54) is 24.3 Å². The first-order chi connectivity index (χ1) is 10.4. The third kappa shape index (κ3) is 4.49. The van der Waals surface area contributed by atoms with Crippen LogP contribution < -0.4 is 0 Å². The van der Waals surface area contributed by atoms with Crippen LogP contribution in [-0.2, 0) is 9.84 Å². The summed E-state index contributed by atoms with van der Waals surface area (Å²) in [5.41, 5.74) is -0.102. The van der Waals surface area contributed by atoms with Crippen LogP contribution in [0.15, 0.2) is 29.2 Å². The number of hydrogen-bond acceptors (Lipinski definition) is 6. The van der Waals surface area contributed by atoms with E-state index in [4.69, 9.17) is 0 Å². The fourth-order valence-electron chi connectivity index (χ4n) is 2.47. The lowest BCUT2D eigenvalue weighted by molar-refractivity contribution is -0.384. The van der Waals surface area contributed by atoms with Gasteiger partial charge in [0.25, 0.3) is 5.69 Å². The summed E-state index contributed by atoms with van der Waals surface area (Å²) < 4.78 is 24.6. The van der Waals surface area contributed by atoms with E-state index >= 15 is 0 Å². The summed E-state index contributed by atoms with van der Waals surface area (Å²) in [5, 5.41) is 10.6. The van der Waals surface area contributed by atoms with Crippen LogP contribution >= 0.6 is 0 Å². The van der Waals surface area contributed by atoms with Gasteiger partial charge in [-0.25, -0.2) is 8.42 Å². The Morgan fingerprint density at radius 1 is 1.14 bits per heavy atom. The van der Waals surface area contributed by atoms with E-state index in [0.717, 1.165) is 32.6 Å². The van der Waals surface area contributed by atoms with E-state index in [2.05, 4.69) is 16.8 Å². The minimum Gasteiger partial charge on any atom is -0.305 e. The summed E-state index contributed by atoms with van der Waals surface area (Å²) >= 11 is 0. The zero-order valence-electron chi connectivity index (χ0n) is 12.6. The van der Waals surface area contributed by atoms with Crippen LogP contribution in [0.5, 0.6) is 0 Å². The van der Waals surface area contributed by atoms with E-state index in [1.54, 1.807) is 0 Å². The number of benzene rings is 1. The van der Waals surface area contributed by atoms with Gasteiger partial charge in [0.2, 0.25) is 0 Å². The van der Waals surface area contributed by atoms with Gasteiger partial charge in [0.1, 0.15) is 0 Å². The van der Waals surface area contributed by atoms with Crippen molar-refractivity contribution >= 4 is 15.5 Å². The Balaban J connectivity index is 1.97. The Bertz CT molecular complexity index is 615. The Hall–Kier alpha value is -1.51. The third-order valence-electron chi connectivity index (χ3n) is 3.90. The highest BCUT2D eigenvalue weighted by Crippen LogP contribution is 2.17. The second-order valence-corrected chi connectivity index (χ2v) is 7.68. The van der Waals surface area contributed by atoms with Crippen LogP contribution in [0.4, 0.5) is 5.69 Å². The summed E-state index contributed by atoms with van der Waals surface area (Å²) in [6.45, 7) is 4.24. The maximum atomic E-state index is 12.3. The molecule has 0 aromatic heterocycles. The molecule has 0 atom stereocenters. The van der Waals surface area contributed by atoms with Gasteiger partial charge in [0.05, 0.1) is 15.6 Å². The highest BCUT2D eigenvalue weighted by Gasteiger charge is 2.19. The second kappa shape index (κ2) is 7.17. The van der Waals surface area contributed by atoms with Crippen LogP contribution in [0.1, 0.15) is 6.42 Å². The molecule has 1 aromatic rings. The zero-order chi connectivity index (χ0) is 16.2. The van der Waals surface area contributed by atoms with E-state index in [9.17, 15) is 18.5 Å². The minimum atomic E-state index is -3.41. The monoisotopic (exact) mass is 327 g/mol. The maximum absolute atomic E-state index is 12.3. The predicted octanol–water partition coefficient (Wildman–Crippen LogP) is 1.01. The topological polar surface area (TPSA) is 83.8 Å². The molecule has 22 heavy (non-hydrogen) atoms. The van der Waals surface area contributed by atoms with Gasteiger partial charge in [0.15, 0.2) is 9.84 Å². The van der Waals surface area contributed by atoms with E-state index in [-0.39, 0.29) is 16.3 Å². The van der Waals surface area contributed by atoms with Gasteiger partial charge in [-0.3, -0.25) is 10.1 Å². The summed E-state index contributed by atoms with van der Waals surface area (Å²) in [4.78, 5) is 14.6. The average molecular weight is 327 g/mol. The zero-order valence-corrected chi connectivity index (χ0v) is 13.5. The Morgan fingerprint density at radius 3 is 2.45 bits per heavy atom. The first-order valence-electron chi connectivity index (χ1n) is 7.26. The Labute approximate surface area is 130 Å². The minimum absolute atomic E-state index is 0.0362. The molecule has 1 aliphatic rings. The van der Waals surface area contributed by atoms with Crippen molar-refractivity contribution in [2.75, 3.05) is 45.5 Å². The highest BCUT2D eigenvalue weighted by atomic mass is 32.2. The average Bonchev–Trinajstić information content (AvgIpc) is 2.70. The quantitative estimate of drug-likeness (QED) is 0.593. The van der Waals surface area contributed by atoms with Gasteiger partial charge in [0, 0.05) is 31.8 Å².